The zero-order valence-corrected chi connectivity index (χ0v) is 13.1. The molecule has 0 unspecified atom stereocenters. The number of aromatic nitrogens is 2. The Kier molecular flexibility index (Phi) is 3.47. The highest BCUT2D eigenvalue weighted by molar-refractivity contribution is 7.15. The van der Waals surface area contributed by atoms with Crippen LogP contribution in [0.5, 0.6) is 11.6 Å². The van der Waals surface area contributed by atoms with E-state index in [1.54, 1.807) is 0 Å². The molecule has 0 atom stereocenters. The van der Waals surface area contributed by atoms with Gasteiger partial charge in [0.15, 0.2) is 4.96 Å². The molecule has 0 fully saturated rings. The zero-order valence-electron chi connectivity index (χ0n) is 12.3. The van der Waals surface area contributed by atoms with E-state index in [-0.39, 0.29) is 12.0 Å². The summed E-state index contributed by atoms with van der Waals surface area (Å²) in [4.78, 5) is 5.28. The third-order valence-electron chi connectivity index (χ3n) is 3.38. The summed E-state index contributed by atoms with van der Waals surface area (Å²) in [6.07, 6.45) is 1.89. The molecule has 21 heavy (non-hydrogen) atoms. The number of ether oxygens (including phenoxy) is 1. The van der Waals surface area contributed by atoms with Crippen molar-refractivity contribution in [2.24, 2.45) is 0 Å². The van der Waals surface area contributed by atoms with Gasteiger partial charge >= 0.3 is 0 Å². The van der Waals surface area contributed by atoms with Crippen LogP contribution in [0.15, 0.2) is 35.8 Å². The van der Waals surface area contributed by atoms with Crippen LogP contribution < -0.4 is 4.74 Å². The van der Waals surface area contributed by atoms with Crippen molar-refractivity contribution >= 4 is 16.3 Å². The van der Waals surface area contributed by atoms with Gasteiger partial charge in [-0.05, 0) is 11.5 Å². The quantitative estimate of drug-likeness (QED) is 0.796. The third kappa shape index (κ3) is 2.54. The van der Waals surface area contributed by atoms with E-state index in [9.17, 15) is 5.11 Å². The molecular weight excluding hydrogens is 284 g/mol. The summed E-state index contributed by atoms with van der Waals surface area (Å²) in [5.41, 5.74) is 1.77. The summed E-state index contributed by atoms with van der Waals surface area (Å²) in [7, 11) is 0. The van der Waals surface area contributed by atoms with Crippen molar-refractivity contribution in [3.05, 3.63) is 47.1 Å². The van der Waals surface area contributed by atoms with Crippen LogP contribution in [-0.4, -0.2) is 14.5 Å². The number of hydrogen-bond donors (Lipinski definition) is 1. The van der Waals surface area contributed by atoms with Crippen LogP contribution >= 0.6 is 11.3 Å². The van der Waals surface area contributed by atoms with Crippen LogP contribution in [0.2, 0.25) is 0 Å². The minimum absolute atomic E-state index is 0.0207. The van der Waals surface area contributed by atoms with E-state index in [1.807, 2.05) is 34.2 Å². The molecule has 0 saturated heterocycles. The first-order chi connectivity index (χ1) is 10.0. The topological polar surface area (TPSA) is 46.8 Å². The molecule has 5 heteroatoms. The number of aliphatic hydroxyl groups is 1. The molecule has 3 rings (SSSR count). The van der Waals surface area contributed by atoms with Crippen molar-refractivity contribution < 1.29 is 9.84 Å². The maximum atomic E-state index is 9.59. The predicted molar refractivity (Wildman–Crippen MR) is 84.2 cm³/mol. The molecule has 0 amide bonds. The van der Waals surface area contributed by atoms with Gasteiger partial charge in [-0.2, -0.15) is 4.98 Å². The van der Waals surface area contributed by atoms with Crippen LogP contribution in [0.3, 0.4) is 0 Å². The highest BCUT2D eigenvalue weighted by Crippen LogP contribution is 2.35. The number of para-hydroxylation sites is 1. The van der Waals surface area contributed by atoms with Gasteiger partial charge in [-0.15, -0.1) is 11.3 Å². The van der Waals surface area contributed by atoms with E-state index < -0.39 is 0 Å². The van der Waals surface area contributed by atoms with Crippen LogP contribution in [-0.2, 0) is 12.0 Å². The Morgan fingerprint density at radius 1 is 1.29 bits per heavy atom. The molecule has 1 aromatic carbocycles. The van der Waals surface area contributed by atoms with Gasteiger partial charge in [-0.3, -0.25) is 4.40 Å². The van der Waals surface area contributed by atoms with Gasteiger partial charge in [0.2, 0.25) is 5.88 Å². The summed E-state index contributed by atoms with van der Waals surface area (Å²) in [6, 6.07) is 7.95. The molecule has 2 aromatic heterocycles. The second-order valence-electron chi connectivity index (χ2n) is 5.93. The normalized spacial score (nSPS) is 12.0. The molecular formula is C16H18N2O2S. The molecule has 3 aromatic rings. The number of aliphatic hydroxyl groups excluding tert-OH is 1. The monoisotopic (exact) mass is 302 g/mol. The summed E-state index contributed by atoms with van der Waals surface area (Å²) >= 11 is 1.52. The van der Waals surface area contributed by atoms with Gasteiger partial charge in [-0.1, -0.05) is 39.0 Å². The number of fused-ring (bicyclic) bond motifs is 1. The summed E-state index contributed by atoms with van der Waals surface area (Å²) < 4.78 is 7.88. The molecule has 0 radical (unpaired) electrons. The zero-order chi connectivity index (χ0) is 15.0. The number of nitrogens with zero attached hydrogens (tertiary/aromatic N) is 2. The van der Waals surface area contributed by atoms with E-state index in [4.69, 9.17) is 4.74 Å². The van der Waals surface area contributed by atoms with Gasteiger partial charge < -0.3 is 9.84 Å². The molecule has 2 heterocycles. The first-order valence-electron chi connectivity index (χ1n) is 6.83. The van der Waals surface area contributed by atoms with Crippen LogP contribution in [0.1, 0.15) is 32.0 Å². The maximum absolute atomic E-state index is 9.59. The Morgan fingerprint density at radius 2 is 2.05 bits per heavy atom. The molecule has 4 nitrogen and oxygen atoms in total. The van der Waals surface area contributed by atoms with Gasteiger partial charge in [0, 0.05) is 17.1 Å². The number of thiazole rings is 1. The van der Waals surface area contributed by atoms with E-state index in [1.165, 1.54) is 11.3 Å². The molecule has 0 spiro atoms. The van der Waals surface area contributed by atoms with Crippen molar-refractivity contribution in [1.82, 2.24) is 9.38 Å². The van der Waals surface area contributed by atoms with E-state index >= 15 is 0 Å². The minimum Gasteiger partial charge on any atom is -0.437 e. The van der Waals surface area contributed by atoms with E-state index in [2.05, 4.69) is 31.8 Å². The Bertz CT molecular complexity index is 768. The third-order valence-corrected chi connectivity index (χ3v) is 4.13. The minimum atomic E-state index is -0.106. The van der Waals surface area contributed by atoms with Crippen molar-refractivity contribution in [3.8, 4) is 11.6 Å². The lowest BCUT2D eigenvalue weighted by atomic mass is 9.86. The number of imidazole rings is 1. The number of benzene rings is 1. The van der Waals surface area contributed by atoms with Crippen LogP contribution in [0.25, 0.3) is 4.96 Å². The smallest absolute Gasteiger partial charge is 0.244 e. The Balaban J connectivity index is 2.05. The summed E-state index contributed by atoms with van der Waals surface area (Å²) in [5, 5.41) is 11.5. The molecule has 0 aliphatic rings. The van der Waals surface area contributed by atoms with Crippen LogP contribution in [0.4, 0.5) is 0 Å². The predicted octanol–water partition coefficient (Wildman–Crippen LogP) is 3.98. The van der Waals surface area contributed by atoms with Gasteiger partial charge in [0.1, 0.15) is 11.4 Å². The molecule has 0 aliphatic carbocycles. The van der Waals surface area contributed by atoms with Gasteiger partial charge in [0.25, 0.3) is 0 Å². The van der Waals surface area contributed by atoms with Crippen molar-refractivity contribution in [3.63, 3.8) is 0 Å². The van der Waals surface area contributed by atoms with E-state index in [0.29, 0.717) is 11.6 Å². The fourth-order valence-corrected chi connectivity index (χ4v) is 3.04. The van der Waals surface area contributed by atoms with Crippen LogP contribution in [0, 0.1) is 0 Å². The number of hydrogen-bond acceptors (Lipinski definition) is 4. The van der Waals surface area contributed by atoms with Crippen molar-refractivity contribution in [1.29, 1.82) is 0 Å². The van der Waals surface area contributed by atoms with Gasteiger partial charge in [0.05, 0.1) is 6.61 Å². The molecule has 1 N–H and O–H groups in total. The highest BCUT2D eigenvalue weighted by atomic mass is 32.1. The van der Waals surface area contributed by atoms with Gasteiger partial charge in [-0.25, -0.2) is 0 Å². The Morgan fingerprint density at radius 3 is 2.76 bits per heavy atom. The SMILES string of the molecule is CC(C)(C)c1ccccc1Oc1nc2sccn2c1CO. The second kappa shape index (κ2) is 5.16. The summed E-state index contributed by atoms with van der Waals surface area (Å²) in [6.45, 7) is 6.33. The fourth-order valence-electron chi connectivity index (χ4n) is 2.32. The lowest BCUT2D eigenvalue weighted by molar-refractivity contribution is 0.269. The van der Waals surface area contributed by atoms with Crippen molar-refractivity contribution in [2.75, 3.05) is 0 Å². The standard InChI is InChI=1S/C16H18N2O2S/c1-16(2,3)11-6-4-5-7-13(11)20-14-12(10-19)18-8-9-21-15(18)17-14/h4-9,19H,10H2,1-3H3. The Hall–Kier alpha value is -1.85. The van der Waals surface area contributed by atoms with Crippen molar-refractivity contribution in [2.45, 2.75) is 32.8 Å². The number of rotatable bonds is 3. The molecule has 0 saturated carbocycles. The lowest BCUT2D eigenvalue weighted by Crippen LogP contribution is -2.12. The Labute approximate surface area is 127 Å². The highest BCUT2D eigenvalue weighted by Gasteiger charge is 2.21. The molecule has 110 valence electrons. The first-order valence-corrected chi connectivity index (χ1v) is 7.71. The molecule has 0 bridgehead atoms. The maximum Gasteiger partial charge on any atom is 0.244 e. The first kappa shape index (κ1) is 14.1. The molecule has 0 aliphatic heterocycles. The van der Waals surface area contributed by atoms with E-state index in [0.717, 1.165) is 16.3 Å². The second-order valence-corrected chi connectivity index (χ2v) is 6.80. The largest absolute Gasteiger partial charge is 0.437 e. The fraction of sp³-hybridized carbons (Fsp3) is 0.312. The summed E-state index contributed by atoms with van der Waals surface area (Å²) in [5.74, 6) is 1.26. The lowest BCUT2D eigenvalue weighted by Gasteiger charge is -2.22. The average Bonchev–Trinajstić information content (AvgIpc) is 2.98. The average molecular weight is 302 g/mol.